The van der Waals surface area contributed by atoms with Gasteiger partial charge >= 0.3 is 0 Å². The zero-order valence-corrected chi connectivity index (χ0v) is 9.99. The summed E-state index contributed by atoms with van der Waals surface area (Å²) in [4.78, 5) is 1.80. The molecule has 1 N–H and O–H groups in total. The third-order valence-electron chi connectivity index (χ3n) is 3.27. The van der Waals surface area contributed by atoms with Crippen LogP contribution in [0.3, 0.4) is 0 Å². The van der Waals surface area contributed by atoms with Gasteiger partial charge in [0.05, 0.1) is 19.2 Å². The molecule has 0 bridgehead atoms. The maximum atomic E-state index is 13.4. The Kier molecular flexibility index (Phi) is 2.62. The minimum absolute atomic E-state index is 0.0682. The van der Waals surface area contributed by atoms with Crippen LogP contribution in [-0.4, -0.2) is 50.3 Å². The van der Waals surface area contributed by atoms with Crippen LogP contribution in [0.15, 0.2) is 12.1 Å². The molecule has 0 saturated carbocycles. The van der Waals surface area contributed by atoms with E-state index in [9.17, 15) is 9.50 Å². The lowest BCUT2D eigenvalue weighted by molar-refractivity contribution is 0.255. The first-order valence-electron chi connectivity index (χ1n) is 5.89. The third-order valence-corrected chi connectivity index (χ3v) is 3.27. The van der Waals surface area contributed by atoms with Crippen LogP contribution in [0.1, 0.15) is 12.2 Å². The molecular formula is C11H14FN5O. The standard InChI is InChI=1S/C11H14FN5O/c1-7-13-14-10-2-3-11(15-17(7)10)16-5-8(12)4-9(16)6-18/h2-3,8-9,18H,4-6H2,1H3/t8-,9-/m0/s1. The van der Waals surface area contributed by atoms with Gasteiger partial charge < -0.3 is 10.0 Å². The van der Waals surface area contributed by atoms with E-state index in [0.717, 1.165) is 0 Å². The number of halogens is 1. The molecule has 6 nitrogen and oxygen atoms in total. The Labute approximate surface area is 103 Å². The van der Waals surface area contributed by atoms with Crippen molar-refractivity contribution in [3.05, 3.63) is 18.0 Å². The number of aromatic nitrogens is 4. The average Bonchev–Trinajstić information content (AvgIpc) is 2.93. The highest BCUT2D eigenvalue weighted by Gasteiger charge is 2.32. The van der Waals surface area contributed by atoms with Gasteiger partial charge in [0.1, 0.15) is 12.0 Å². The Morgan fingerprint density at radius 1 is 1.44 bits per heavy atom. The summed E-state index contributed by atoms with van der Waals surface area (Å²) in [5.74, 6) is 1.33. The molecule has 1 aliphatic heterocycles. The summed E-state index contributed by atoms with van der Waals surface area (Å²) >= 11 is 0. The fourth-order valence-corrected chi connectivity index (χ4v) is 2.35. The molecular weight excluding hydrogens is 237 g/mol. The lowest BCUT2D eigenvalue weighted by Gasteiger charge is -2.23. The molecule has 0 amide bonds. The molecule has 7 heteroatoms. The predicted octanol–water partition coefficient (Wildman–Crippen LogP) is 0.342. The molecule has 0 aliphatic carbocycles. The second-order valence-corrected chi connectivity index (χ2v) is 4.53. The van der Waals surface area contributed by atoms with Crippen LogP contribution in [0.2, 0.25) is 0 Å². The first-order valence-corrected chi connectivity index (χ1v) is 5.89. The first-order chi connectivity index (χ1) is 8.69. The van der Waals surface area contributed by atoms with Crippen molar-refractivity contribution in [2.24, 2.45) is 0 Å². The zero-order chi connectivity index (χ0) is 12.7. The summed E-state index contributed by atoms with van der Waals surface area (Å²) in [6, 6.07) is 3.37. The second-order valence-electron chi connectivity index (χ2n) is 4.53. The van der Waals surface area contributed by atoms with E-state index < -0.39 is 6.17 Å². The van der Waals surface area contributed by atoms with E-state index >= 15 is 0 Å². The topological polar surface area (TPSA) is 66.5 Å². The average molecular weight is 251 g/mol. The Bertz CT molecular complexity index is 572. The van der Waals surface area contributed by atoms with E-state index in [1.54, 1.807) is 21.5 Å². The summed E-state index contributed by atoms with van der Waals surface area (Å²) in [6.45, 7) is 2.01. The molecule has 2 aromatic heterocycles. The highest BCUT2D eigenvalue weighted by Crippen LogP contribution is 2.25. The largest absolute Gasteiger partial charge is 0.394 e. The second kappa shape index (κ2) is 4.16. The van der Waals surface area contributed by atoms with Crippen LogP contribution in [0.5, 0.6) is 0 Å². The molecule has 96 valence electrons. The molecule has 2 atom stereocenters. The van der Waals surface area contributed by atoms with Crippen molar-refractivity contribution >= 4 is 11.5 Å². The predicted molar refractivity (Wildman–Crippen MR) is 63.3 cm³/mol. The van der Waals surface area contributed by atoms with E-state index in [1.165, 1.54) is 0 Å². The van der Waals surface area contributed by atoms with Gasteiger partial charge in [0, 0.05) is 6.42 Å². The number of hydrogen-bond acceptors (Lipinski definition) is 5. The molecule has 1 saturated heterocycles. The molecule has 1 aliphatic rings. The number of alkyl halides is 1. The molecule has 3 rings (SSSR count). The monoisotopic (exact) mass is 251 g/mol. The van der Waals surface area contributed by atoms with Gasteiger partial charge in [-0.1, -0.05) is 0 Å². The molecule has 3 heterocycles. The van der Waals surface area contributed by atoms with Crippen molar-refractivity contribution in [1.82, 2.24) is 19.8 Å². The molecule has 0 aromatic carbocycles. The molecule has 2 aromatic rings. The molecule has 0 radical (unpaired) electrons. The maximum Gasteiger partial charge on any atom is 0.178 e. The van der Waals surface area contributed by atoms with E-state index in [-0.39, 0.29) is 19.2 Å². The lowest BCUT2D eigenvalue weighted by atomic mass is 10.2. The Morgan fingerprint density at radius 2 is 2.28 bits per heavy atom. The summed E-state index contributed by atoms with van der Waals surface area (Å²) in [5.41, 5.74) is 0.660. The SMILES string of the molecule is Cc1nnc2ccc(N3C[C@@H](F)C[C@H]3CO)nn12. The minimum atomic E-state index is -0.915. The van der Waals surface area contributed by atoms with E-state index in [2.05, 4.69) is 15.3 Å². The van der Waals surface area contributed by atoms with Gasteiger partial charge in [-0.2, -0.15) is 4.52 Å². The van der Waals surface area contributed by atoms with Crippen molar-refractivity contribution in [2.45, 2.75) is 25.6 Å². The number of aliphatic hydroxyl groups excluding tert-OH is 1. The smallest absolute Gasteiger partial charge is 0.178 e. The molecule has 18 heavy (non-hydrogen) atoms. The van der Waals surface area contributed by atoms with Gasteiger partial charge in [-0.25, -0.2) is 4.39 Å². The van der Waals surface area contributed by atoms with Gasteiger partial charge in [0.25, 0.3) is 0 Å². The van der Waals surface area contributed by atoms with Gasteiger partial charge in [0.15, 0.2) is 11.5 Å². The van der Waals surface area contributed by atoms with Crippen molar-refractivity contribution in [2.75, 3.05) is 18.1 Å². The Balaban J connectivity index is 2.00. The maximum absolute atomic E-state index is 13.4. The van der Waals surface area contributed by atoms with Crippen LogP contribution in [0.25, 0.3) is 5.65 Å². The van der Waals surface area contributed by atoms with Crippen LogP contribution in [0.4, 0.5) is 10.2 Å². The number of aliphatic hydroxyl groups is 1. The summed E-state index contributed by atoms with van der Waals surface area (Å²) in [5, 5.41) is 21.5. The normalized spacial score (nSPS) is 24.1. The van der Waals surface area contributed by atoms with E-state index in [0.29, 0.717) is 23.7 Å². The third kappa shape index (κ3) is 1.71. The number of fused-ring (bicyclic) bond motifs is 1. The van der Waals surface area contributed by atoms with E-state index in [4.69, 9.17) is 0 Å². The highest BCUT2D eigenvalue weighted by molar-refractivity contribution is 5.47. The molecule has 0 spiro atoms. The Hall–Kier alpha value is -1.76. The van der Waals surface area contributed by atoms with Crippen molar-refractivity contribution in [3.8, 4) is 0 Å². The van der Waals surface area contributed by atoms with Crippen molar-refractivity contribution in [3.63, 3.8) is 0 Å². The van der Waals surface area contributed by atoms with Crippen LogP contribution in [0, 0.1) is 6.92 Å². The van der Waals surface area contributed by atoms with Gasteiger partial charge in [-0.15, -0.1) is 15.3 Å². The summed E-state index contributed by atoms with van der Waals surface area (Å²) in [6.07, 6.45) is -0.571. The lowest BCUT2D eigenvalue weighted by Crippen LogP contribution is -2.33. The number of anilines is 1. The van der Waals surface area contributed by atoms with Gasteiger partial charge in [0.2, 0.25) is 0 Å². The molecule has 1 fully saturated rings. The van der Waals surface area contributed by atoms with Crippen LogP contribution in [-0.2, 0) is 0 Å². The Morgan fingerprint density at radius 3 is 3.06 bits per heavy atom. The summed E-state index contributed by atoms with van der Waals surface area (Å²) < 4.78 is 15.0. The number of hydrogen-bond donors (Lipinski definition) is 1. The fraction of sp³-hybridized carbons (Fsp3) is 0.545. The van der Waals surface area contributed by atoms with Crippen LogP contribution >= 0.6 is 0 Å². The zero-order valence-electron chi connectivity index (χ0n) is 9.99. The fourth-order valence-electron chi connectivity index (χ4n) is 2.35. The molecule has 0 unspecified atom stereocenters. The van der Waals surface area contributed by atoms with Crippen molar-refractivity contribution in [1.29, 1.82) is 0 Å². The van der Waals surface area contributed by atoms with Gasteiger partial charge in [-0.3, -0.25) is 0 Å². The van der Waals surface area contributed by atoms with Gasteiger partial charge in [-0.05, 0) is 19.1 Å². The number of nitrogens with zero attached hydrogens (tertiary/aromatic N) is 5. The number of rotatable bonds is 2. The van der Waals surface area contributed by atoms with Crippen molar-refractivity contribution < 1.29 is 9.50 Å². The quantitative estimate of drug-likeness (QED) is 0.833. The minimum Gasteiger partial charge on any atom is -0.394 e. The van der Waals surface area contributed by atoms with E-state index in [1.807, 2.05) is 6.92 Å². The summed E-state index contributed by atoms with van der Waals surface area (Å²) in [7, 11) is 0. The van der Waals surface area contributed by atoms with Crippen LogP contribution < -0.4 is 4.90 Å². The highest BCUT2D eigenvalue weighted by atomic mass is 19.1. The first kappa shape index (κ1) is 11.3. The number of aryl methyl sites for hydroxylation is 1.